The smallest absolute Gasteiger partial charge is 0.234 e. The van der Waals surface area contributed by atoms with Crippen LogP contribution in [0.3, 0.4) is 0 Å². The van der Waals surface area contributed by atoms with Gasteiger partial charge in [-0.15, -0.1) is 0 Å². The van der Waals surface area contributed by atoms with Gasteiger partial charge in [0.05, 0.1) is 13.2 Å². The Hall–Kier alpha value is -0.650. The normalized spacial score (nSPS) is 29.3. The number of nitrogens with zero attached hydrogens (tertiary/aromatic N) is 2. The summed E-state index contributed by atoms with van der Waals surface area (Å²) in [6.45, 7) is 7.50. The summed E-state index contributed by atoms with van der Waals surface area (Å²) in [6, 6.07) is 0.381. The quantitative estimate of drug-likeness (QED) is 0.761. The number of aliphatic hydroxyl groups excluding tert-OH is 1. The molecule has 1 aliphatic heterocycles. The van der Waals surface area contributed by atoms with E-state index in [1.54, 1.807) is 0 Å². The Balaban J connectivity index is 1.67. The first-order valence-electron chi connectivity index (χ1n) is 8.04. The van der Waals surface area contributed by atoms with Crippen molar-refractivity contribution in [2.24, 2.45) is 5.92 Å². The van der Waals surface area contributed by atoms with Gasteiger partial charge in [0.15, 0.2) is 0 Å². The second-order valence-corrected chi connectivity index (χ2v) is 6.28. The zero-order chi connectivity index (χ0) is 14.4. The fourth-order valence-electron chi connectivity index (χ4n) is 3.30. The fourth-order valence-corrected chi connectivity index (χ4v) is 3.30. The Morgan fingerprint density at radius 3 is 2.45 bits per heavy atom. The van der Waals surface area contributed by atoms with Crippen molar-refractivity contribution in [1.29, 1.82) is 0 Å². The SMILES string of the molecule is CC1CCCCC1NC(=O)CN1CCN(CCO)CC1. The van der Waals surface area contributed by atoms with Crippen molar-refractivity contribution in [2.75, 3.05) is 45.9 Å². The Kier molecular flexibility index (Phi) is 6.26. The van der Waals surface area contributed by atoms with Crippen LogP contribution in [0, 0.1) is 5.92 Å². The largest absolute Gasteiger partial charge is 0.395 e. The van der Waals surface area contributed by atoms with Crippen molar-refractivity contribution in [3.63, 3.8) is 0 Å². The molecular formula is C15H29N3O2. The van der Waals surface area contributed by atoms with Crippen molar-refractivity contribution in [3.8, 4) is 0 Å². The van der Waals surface area contributed by atoms with E-state index in [9.17, 15) is 4.79 Å². The number of piperazine rings is 1. The van der Waals surface area contributed by atoms with E-state index in [1.165, 1.54) is 19.3 Å². The van der Waals surface area contributed by atoms with Gasteiger partial charge < -0.3 is 10.4 Å². The van der Waals surface area contributed by atoms with Gasteiger partial charge in [-0.3, -0.25) is 14.6 Å². The number of nitrogens with one attached hydrogen (secondary N) is 1. The van der Waals surface area contributed by atoms with E-state index in [0.29, 0.717) is 18.5 Å². The molecule has 5 heteroatoms. The first-order valence-corrected chi connectivity index (χ1v) is 8.04. The highest BCUT2D eigenvalue weighted by atomic mass is 16.3. The third-order valence-electron chi connectivity index (χ3n) is 4.71. The molecule has 2 N–H and O–H groups in total. The van der Waals surface area contributed by atoms with Crippen LogP contribution in [0.15, 0.2) is 0 Å². The number of carbonyl (C=O) groups excluding carboxylic acids is 1. The molecule has 116 valence electrons. The van der Waals surface area contributed by atoms with Crippen molar-refractivity contribution in [3.05, 3.63) is 0 Å². The zero-order valence-corrected chi connectivity index (χ0v) is 12.7. The van der Waals surface area contributed by atoms with Crippen LogP contribution in [0.25, 0.3) is 0 Å². The number of β-amino-alcohol motifs (C(OH)–C–C–N with tert-alkyl or cyclic N) is 1. The molecule has 1 saturated heterocycles. The van der Waals surface area contributed by atoms with Crippen LogP contribution in [0.4, 0.5) is 0 Å². The van der Waals surface area contributed by atoms with E-state index in [2.05, 4.69) is 22.0 Å². The molecule has 2 unspecified atom stereocenters. The van der Waals surface area contributed by atoms with Crippen molar-refractivity contribution in [2.45, 2.75) is 38.6 Å². The monoisotopic (exact) mass is 283 g/mol. The highest BCUT2D eigenvalue weighted by Gasteiger charge is 2.24. The Labute approximate surface area is 122 Å². The molecule has 2 fully saturated rings. The van der Waals surface area contributed by atoms with Crippen LogP contribution >= 0.6 is 0 Å². The molecule has 1 saturated carbocycles. The van der Waals surface area contributed by atoms with E-state index in [4.69, 9.17) is 5.11 Å². The summed E-state index contributed by atoms with van der Waals surface area (Å²) in [4.78, 5) is 16.6. The standard InChI is InChI=1S/C15H29N3O2/c1-13-4-2-3-5-14(13)16-15(20)12-18-8-6-17(7-9-18)10-11-19/h13-14,19H,2-12H2,1H3,(H,16,20). The van der Waals surface area contributed by atoms with Gasteiger partial charge in [0, 0.05) is 38.8 Å². The molecule has 0 aromatic carbocycles. The average Bonchev–Trinajstić information content (AvgIpc) is 2.44. The van der Waals surface area contributed by atoms with Crippen LogP contribution in [0.1, 0.15) is 32.6 Å². The van der Waals surface area contributed by atoms with Crippen LogP contribution < -0.4 is 5.32 Å². The predicted molar refractivity (Wildman–Crippen MR) is 79.5 cm³/mol. The Bertz CT molecular complexity index is 303. The van der Waals surface area contributed by atoms with E-state index < -0.39 is 0 Å². The predicted octanol–water partition coefficient (Wildman–Crippen LogP) is 0.291. The van der Waals surface area contributed by atoms with Crippen LogP contribution in [-0.2, 0) is 4.79 Å². The number of aliphatic hydroxyl groups is 1. The topological polar surface area (TPSA) is 55.8 Å². The van der Waals surface area contributed by atoms with Gasteiger partial charge in [0.1, 0.15) is 0 Å². The molecule has 2 aliphatic rings. The fraction of sp³-hybridized carbons (Fsp3) is 0.933. The summed E-state index contributed by atoms with van der Waals surface area (Å²) < 4.78 is 0. The highest BCUT2D eigenvalue weighted by molar-refractivity contribution is 5.78. The molecule has 0 aromatic heterocycles. The number of hydrogen-bond donors (Lipinski definition) is 2. The highest BCUT2D eigenvalue weighted by Crippen LogP contribution is 2.23. The second-order valence-electron chi connectivity index (χ2n) is 6.28. The number of amides is 1. The molecule has 0 bridgehead atoms. The lowest BCUT2D eigenvalue weighted by molar-refractivity contribution is -0.124. The van der Waals surface area contributed by atoms with Gasteiger partial charge in [-0.25, -0.2) is 0 Å². The zero-order valence-electron chi connectivity index (χ0n) is 12.7. The molecule has 1 amide bonds. The maximum atomic E-state index is 12.1. The lowest BCUT2D eigenvalue weighted by Gasteiger charge is -2.35. The third-order valence-corrected chi connectivity index (χ3v) is 4.71. The van der Waals surface area contributed by atoms with Gasteiger partial charge in [-0.2, -0.15) is 0 Å². The van der Waals surface area contributed by atoms with Gasteiger partial charge in [-0.05, 0) is 18.8 Å². The van der Waals surface area contributed by atoms with Crippen molar-refractivity contribution < 1.29 is 9.90 Å². The van der Waals surface area contributed by atoms with E-state index in [-0.39, 0.29) is 12.5 Å². The van der Waals surface area contributed by atoms with Gasteiger partial charge >= 0.3 is 0 Å². The first kappa shape index (κ1) is 15.7. The summed E-state index contributed by atoms with van der Waals surface area (Å²) in [5.74, 6) is 0.799. The second kappa shape index (κ2) is 7.96. The number of hydrogen-bond acceptors (Lipinski definition) is 4. The molecule has 1 heterocycles. The van der Waals surface area contributed by atoms with Gasteiger partial charge in [0.25, 0.3) is 0 Å². The molecule has 0 aromatic rings. The summed E-state index contributed by atoms with van der Waals surface area (Å²) in [5, 5.41) is 12.1. The summed E-state index contributed by atoms with van der Waals surface area (Å²) in [7, 11) is 0. The minimum Gasteiger partial charge on any atom is -0.395 e. The Morgan fingerprint density at radius 2 is 1.80 bits per heavy atom. The van der Waals surface area contributed by atoms with Crippen LogP contribution in [-0.4, -0.2) is 72.7 Å². The molecule has 2 atom stereocenters. The first-order chi connectivity index (χ1) is 9.69. The van der Waals surface area contributed by atoms with Crippen molar-refractivity contribution >= 4 is 5.91 Å². The molecule has 0 radical (unpaired) electrons. The number of rotatable bonds is 5. The lowest BCUT2D eigenvalue weighted by atomic mass is 9.86. The third kappa shape index (κ3) is 4.72. The summed E-state index contributed by atoms with van der Waals surface area (Å²) in [6.07, 6.45) is 4.93. The lowest BCUT2D eigenvalue weighted by Crippen LogP contribution is -2.51. The van der Waals surface area contributed by atoms with Gasteiger partial charge in [0.2, 0.25) is 5.91 Å². The van der Waals surface area contributed by atoms with E-state index >= 15 is 0 Å². The maximum absolute atomic E-state index is 12.1. The summed E-state index contributed by atoms with van der Waals surface area (Å²) in [5.41, 5.74) is 0. The van der Waals surface area contributed by atoms with Crippen molar-refractivity contribution in [1.82, 2.24) is 15.1 Å². The molecule has 0 spiro atoms. The molecular weight excluding hydrogens is 254 g/mol. The average molecular weight is 283 g/mol. The van der Waals surface area contributed by atoms with Crippen LogP contribution in [0.5, 0.6) is 0 Å². The van der Waals surface area contributed by atoms with Crippen LogP contribution in [0.2, 0.25) is 0 Å². The molecule has 2 rings (SSSR count). The minimum absolute atomic E-state index is 0.180. The molecule has 20 heavy (non-hydrogen) atoms. The molecule has 5 nitrogen and oxygen atoms in total. The summed E-state index contributed by atoms with van der Waals surface area (Å²) >= 11 is 0. The Morgan fingerprint density at radius 1 is 1.15 bits per heavy atom. The molecule has 1 aliphatic carbocycles. The number of carbonyl (C=O) groups is 1. The van der Waals surface area contributed by atoms with E-state index in [0.717, 1.165) is 39.1 Å². The van der Waals surface area contributed by atoms with E-state index in [1.807, 2.05) is 0 Å². The van der Waals surface area contributed by atoms with Gasteiger partial charge in [-0.1, -0.05) is 19.8 Å². The minimum atomic E-state index is 0.180. The maximum Gasteiger partial charge on any atom is 0.234 e.